The van der Waals surface area contributed by atoms with Crippen LogP contribution in [-0.4, -0.2) is 82.0 Å². The average molecular weight is 582 g/mol. The Bertz CT molecular complexity index is 1520. The van der Waals surface area contributed by atoms with Gasteiger partial charge >= 0.3 is 6.61 Å². The van der Waals surface area contributed by atoms with E-state index < -0.39 is 6.61 Å². The van der Waals surface area contributed by atoms with Crippen molar-refractivity contribution in [2.24, 2.45) is 0 Å². The van der Waals surface area contributed by atoms with Crippen molar-refractivity contribution in [3.63, 3.8) is 0 Å². The van der Waals surface area contributed by atoms with E-state index in [4.69, 9.17) is 11.6 Å². The van der Waals surface area contributed by atoms with Gasteiger partial charge < -0.3 is 20.3 Å². The summed E-state index contributed by atoms with van der Waals surface area (Å²) in [5.41, 5.74) is 3.25. The number of hydrogen-bond donors (Lipinski definition) is 2. The second kappa shape index (κ2) is 12.0. The summed E-state index contributed by atoms with van der Waals surface area (Å²) in [6.45, 7) is 2.74. The fraction of sp³-hybridized carbons (Fsp3) is 0.345. The molecule has 6 rings (SSSR count). The van der Waals surface area contributed by atoms with Gasteiger partial charge in [0.05, 0.1) is 22.5 Å². The van der Waals surface area contributed by atoms with Crippen LogP contribution in [0.1, 0.15) is 23.2 Å². The molecule has 0 radical (unpaired) electrons. The number of hydrogen-bond acceptors (Lipinski definition) is 7. The number of carbonyl (C=O) groups excluding carboxylic acids is 1. The lowest BCUT2D eigenvalue weighted by Crippen LogP contribution is -2.52. The van der Waals surface area contributed by atoms with Gasteiger partial charge in [-0.15, -0.1) is 0 Å². The Morgan fingerprint density at radius 2 is 1.80 bits per heavy atom. The number of rotatable bonds is 7. The van der Waals surface area contributed by atoms with Crippen molar-refractivity contribution in [2.75, 3.05) is 44.6 Å². The van der Waals surface area contributed by atoms with Crippen molar-refractivity contribution in [3.05, 3.63) is 71.6 Å². The summed E-state index contributed by atoms with van der Waals surface area (Å²) in [4.78, 5) is 26.7. The summed E-state index contributed by atoms with van der Waals surface area (Å²) in [5, 5.41) is 7.01. The molecule has 0 aliphatic carbocycles. The van der Waals surface area contributed by atoms with Crippen LogP contribution in [-0.2, 0) is 0 Å². The van der Waals surface area contributed by atoms with Crippen molar-refractivity contribution in [1.82, 2.24) is 29.5 Å². The third-order valence-electron chi connectivity index (χ3n) is 7.69. The lowest BCUT2D eigenvalue weighted by molar-refractivity contribution is -0.0498. The minimum absolute atomic E-state index is 0.0524. The first kappa shape index (κ1) is 27.4. The molecule has 0 bridgehead atoms. The molecular formula is C29H30ClF2N7O2. The molecule has 0 spiro atoms. The molecule has 0 saturated carbocycles. The summed E-state index contributed by atoms with van der Waals surface area (Å²) in [7, 11) is 0. The van der Waals surface area contributed by atoms with Gasteiger partial charge in [-0.1, -0.05) is 11.6 Å². The normalized spacial score (nSPS) is 16.8. The van der Waals surface area contributed by atoms with Gasteiger partial charge in [-0.3, -0.25) is 14.1 Å². The van der Waals surface area contributed by atoms with Gasteiger partial charge in [0.1, 0.15) is 5.75 Å². The third kappa shape index (κ3) is 5.97. The van der Waals surface area contributed by atoms with Crippen LogP contribution in [0.5, 0.6) is 5.75 Å². The van der Waals surface area contributed by atoms with E-state index in [0.29, 0.717) is 33.8 Å². The average Bonchev–Trinajstić information content (AvgIpc) is 3.43. The Kier molecular flexibility index (Phi) is 8.00. The molecule has 214 valence electrons. The number of benzene rings is 2. The van der Waals surface area contributed by atoms with Crippen LogP contribution in [0, 0.1) is 0 Å². The molecule has 4 heterocycles. The van der Waals surface area contributed by atoms with E-state index in [1.54, 1.807) is 42.9 Å². The van der Waals surface area contributed by atoms with E-state index in [1.807, 2.05) is 15.4 Å². The Morgan fingerprint density at radius 1 is 1.05 bits per heavy atom. The molecule has 2 aromatic heterocycles. The molecule has 12 heteroatoms. The molecule has 2 N–H and O–H groups in total. The van der Waals surface area contributed by atoms with E-state index >= 15 is 0 Å². The molecule has 2 aromatic carbocycles. The Hall–Kier alpha value is -3.80. The van der Waals surface area contributed by atoms with Gasteiger partial charge in [0.15, 0.2) is 11.5 Å². The van der Waals surface area contributed by atoms with Crippen LogP contribution >= 0.6 is 11.6 Å². The van der Waals surface area contributed by atoms with Gasteiger partial charge in [-0.05, 0) is 55.3 Å². The highest BCUT2D eigenvalue weighted by molar-refractivity contribution is 6.34. The second-order valence-electron chi connectivity index (χ2n) is 10.1. The number of piperazine rings is 1. The van der Waals surface area contributed by atoms with E-state index in [9.17, 15) is 13.6 Å². The minimum Gasteiger partial charge on any atom is -0.435 e. The summed E-state index contributed by atoms with van der Waals surface area (Å²) in [5.74, 6) is 0.532. The van der Waals surface area contributed by atoms with Crippen LogP contribution < -0.4 is 15.4 Å². The van der Waals surface area contributed by atoms with Gasteiger partial charge in [-0.25, -0.2) is 9.97 Å². The van der Waals surface area contributed by atoms with Crippen molar-refractivity contribution in [1.29, 1.82) is 0 Å². The molecule has 0 atom stereocenters. The highest BCUT2D eigenvalue weighted by Crippen LogP contribution is 2.29. The number of anilines is 2. The number of ether oxygens (including phenoxy) is 1. The first-order chi connectivity index (χ1) is 20.0. The highest BCUT2D eigenvalue weighted by atomic mass is 35.5. The fourth-order valence-corrected chi connectivity index (χ4v) is 5.84. The van der Waals surface area contributed by atoms with Gasteiger partial charge in [0.25, 0.3) is 5.91 Å². The maximum atomic E-state index is 13.3. The third-order valence-corrected chi connectivity index (χ3v) is 8.00. The number of aromatic nitrogens is 3. The molecule has 41 heavy (non-hydrogen) atoms. The molecule has 2 fully saturated rings. The number of halogens is 3. The molecule has 1 amide bonds. The zero-order valence-electron chi connectivity index (χ0n) is 22.3. The summed E-state index contributed by atoms with van der Waals surface area (Å²) < 4.78 is 31.3. The smallest absolute Gasteiger partial charge is 0.387 e. The van der Waals surface area contributed by atoms with E-state index in [0.717, 1.165) is 63.4 Å². The van der Waals surface area contributed by atoms with Gasteiger partial charge in [0.2, 0.25) is 0 Å². The molecule has 2 aliphatic rings. The lowest BCUT2D eigenvalue weighted by atomic mass is 10.0. The van der Waals surface area contributed by atoms with Crippen molar-refractivity contribution in [3.8, 4) is 17.0 Å². The van der Waals surface area contributed by atoms with Gasteiger partial charge in [-0.2, -0.15) is 8.78 Å². The standard InChI is InChI=1S/C29H30ClF2N7O2/c30-24-17-20(3-6-23(24)28(40)38-12-7-21(8-13-38)37-14-9-33-10-15-37)36-26-27-35-18-25(39(27)16-11-34-26)19-1-4-22(5-2-19)41-29(31)32/h1-6,11,16-18,21,29,33H,7-10,12-15H2,(H,34,36). The predicted molar refractivity (Wildman–Crippen MR) is 153 cm³/mol. The van der Waals surface area contributed by atoms with Crippen LogP contribution in [0.3, 0.4) is 0 Å². The minimum atomic E-state index is -2.88. The zero-order chi connectivity index (χ0) is 28.3. The molecule has 9 nitrogen and oxygen atoms in total. The monoisotopic (exact) mass is 581 g/mol. The number of piperidine rings is 1. The first-order valence-electron chi connectivity index (χ1n) is 13.6. The maximum absolute atomic E-state index is 13.3. The largest absolute Gasteiger partial charge is 0.435 e. The topological polar surface area (TPSA) is 87.0 Å². The van der Waals surface area contributed by atoms with Crippen LogP contribution in [0.15, 0.2) is 61.1 Å². The van der Waals surface area contributed by atoms with E-state index in [2.05, 4.69) is 30.2 Å². The molecular weight excluding hydrogens is 552 g/mol. The van der Waals surface area contributed by atoms with Crippen LogP contribution in [0.25, 0.3) is 16.9 Å². The summed E-state index contributed by atoms with van der Waals surface area (Å²) >= 11 is 6.61. The Balaban J connectivity index is 1.14. The quantitative estimate of drug-likeness (QED) is 0.321. The molecule has 4 aromatic rings. The van der Waals surface area contributed by atoms with Crippen LogP contribution in [0.2, 0.25) is 5.02 Å². The number of carbonyl (C=O) groups is 1. The molecule has 2 aliphatic heterocycles. The number of likely N-dealkylation sites (tertiary alicyclic amines) is 1. The van der Waals surface area contributed by atoms with Gasteiger partial charge in [0, 0.05) is 69.0 Å². The number of alkyl halides is 2. The van der Waals surface area contributed by atoms with E-state index in [1.165, 1.54) is 12.1 Å². The first-order valence-corrected chi connectivity index (χ1v) is 14.0. The Labute approximate surface area is 241 Å². The molecule has 0 unspecified atom stereocenters. The fourth-order valence-electron chi connectivity index (χ4n) is 5.58. The number of fused-ring (bicyclic) bond motifs is 1. The number of nitrogens with zero attached hydrogens (tertiary/aromatic N) is 5. The lowest BCUT2D eigenvalue weighted by Gasteiger charge is -2.40. The Morgan fingerprint density at radius 3 is 2.51 bits per heavy atom. The highest BCUT2D eigenvalue weighted by Gasteiger charge is 2.28. The number of imidazole rings is 1. The van der Waals surface area contributed by atoms with E-state index in [-0.39, 0.29) is 11.7 Å². The predicted octanol–water partition coefficient (Wildman–Crippen LogP) is 4.90. The summed E-state index contributed by atoms with van der Waals surface area (Å²) in [6.07, 6.45) is 7.04. The molecule has 2 saturated heterocycles. The zero-order valence-corrected chi connectivity index (χ0v) is 23.0. The second-order valence-corrected chi connectivity index (χ2v) is 10.6. The van der Waals surface area contributed by atoms with Crippen molar-refractivity contribution in [2.45, 2.75) is 25.5 Å². The number of nitrogens with one attached hydrogen (secondary N) is 2. The SMILES string of the molecule is O=C(c1ccc(Nc2nccn3c(-c4ccc(OC(F)F)cc4)cnc23)cc1Cl)N1CCC(N2CCNCC2)CC1. The maximum Gasteiger partial charge on any atom is 0.387 e. The summed E-state index contributed by atoms with van der Waals surface area (Å²) in [6, 6.07) is 12.2. The van der Waals surface area contributed by atoms with Crippen molar-refractivity contribution >= 4 is 34.7 Å². The van der Waals surface area contributed by atoms with Crippen molar-refractivity contribution < 1.29 is 18.3 Å². The number of amides is 1. The van der Waals surface area contributed by atoms with Crippen LogP contribution in [0.4, 0.5) is 20.3 Å².